The molecule has 0 bridgehead atoms. The molecule has 14 heteroatoms. The number of β-lactam (4-membered cyclic amide) rings is 1. The highest BCUT2D eigenvalue weighted by molar-refractivity contribution is 8.00. The van der Waals surface area contributed by atoms with Crippen molar-refractivity contribution < 1.29 is 33.5 Å². The van der Waals surface area contributed by atoms with Crippen molar-refractivity contribution in [1.82, 2.24) is 15.2 Å². The van der Waals surface area contributed by atoms with Gasteiger partial charge in [0.05, 0.1) is 5.41 Å². The summed E-state index contributed by atoms with van der Waals surface area (Å²) in [7, 11) is 1.28. The lowest BCUT2D eigenvalue weighted by molar-refractivity contribution is -0.173. The number of allylic oxidation sites excluding steroid dienone is 2. The smallest absolute Gasteiger partial charge is 0.358 e. The van der Waals surface area contributed by atoms with Crippen molar-refractivity contribution in [1.29, 1.82) is 0 Å². The predicted octanol–water partition coefficient (Wildman–Crippen LogP) is 1.79. The number of anilines is 1. The van der Waals surface area contributed by atoms with Gasteiger partial charge in [-0.1, -0.05) is 24.2 Å². The molecule has 37 heavy (non-hydrogen) atoms. The van der Waals surface area contributed by atoms with E-state index < -0.39 is 47.4 Å². The third-order valence-electron chi connectivity index (χ3n) is 5.19. The van der Waals surface area contributed by atoms with Gasteiger partial charge in [0.15, 0.2) is 10.8 Å². The van der Waals surface area contributed by atoms with Crippen molar-refractivity contribution in [2.24, 2.45) is 10.6 Å². The monoisotopic (exact) mass is 551 g/mol. The number of nitrogens with zero attached hydrogens (tertiary/aromatic N) is 3. The molecule has 3 heterocycles. The van der Waals surface area contributed by atoms with Crippen LogP contribution in [0.1, 0.15) is 39.8 Å². The number of nitrogen functional groups attached to an aromatic ring is 1. The number of carbonyl (C=O) groups excluding carboxylic acids is 4. The molecule has 0 aliphatic carbocycles. The molecular weight excluding hydrogens is 522 g/mol. The second-order valence-corrected chi connectivity index (χ2v) is 11.0. The quantitative estimate of drug-likeness (QED) is 0.152. The molecule has 1 saturated heterocycles. The van der Waals surface area contributed by atoms with Crippen molar-refractivity contribution in [3.63, 3.8) is 0 Å². The van der Waals surface area contributed by atoms with Crippen LogP contribution in [0.4, 0.5) is 5.13 Å². The maximum absolute atomic E-state index is 13.1. The van der Waals surface area contributed by atoms with Crippen LogP contribution < -0.4 is 11.1 Å². The van der Waals surface area contributed by atoms with E-state index in [4.69, 9.17) is 20.0 Å². The molecule has 1 aromatic rings. The number of thioether (sulfide) groups is 1. The Morgan fingerprint density at radius 1 is 1.32 bits per heavy atom. The third kappa shape index (κ3) is 6.31. The topological polar surface area (TPSA) is 163 Å². The van der Waals surface area contributed by atoms with Gasteiger partial charge in [-0.05, 0) is 32.8 Å². The van der Waals surface area contributed by atoms with Crippen LogP contribution in [0.2, 0.25) is 0 Å². The average Bonchev–Trinajstić information content (AvgIpc) is 3.28. The Labute approximate surface area is 222 Å². The van der Waals surface area contributed by atoms with Crippen molar-refractivity contribution >= 4 is 57.7 Å². The fourth-order valence-electron chi connectivity index (χ4n) is 3.34. The van der Waals surface area contributed by atoms with Gasteiger partial charge in [-0.25, -0.2) is 9.78 Å². The molecule has 0 saturated carbocycles. The van der Waals surface area contributed by atoms with E-state index in [1.807, 2.05) is 13.0 Å². The van der Waals surface area contributed by atoms with Gasteiger partial charge in [0.25, 0.3) is 11.8 Å². The SMILES string of the molecule is CCC=CC1=C(C(=O)OCOC(=O)C(C)(C)C)N2C(=O)[C@@H](NC(=O)C(=NOC)c3csc(N)n3)[C@@H]2SC1. The number of nitrogens with one attached hydrogen (secondary N) is 1. The molecular formula is C23H29N5O7S2. The highest BCUT2D eigenvalue weighted by atomic mass is 32.2. The Morgan fingerprint density at radius 2 is 2.05 bits per heavy atom. The summed E-state index contributed by atoms with van der Waals surface area (Å²) < 4.78 is 10.2. The Hall–Kier alpha value is -3.39. The van der Waals surface area contributed by atoms with Crippen LogP contribution in [0.15, 0.2) is 34.0 Å². The number of thiazole rings is 1. The fourth-order valence-corrected chi connectivity index (χ4v) is 5.21. The molecule has 1 fully saturated rings. The number of aromatic nitrogens is 1. The Balaban J connectivity index is 1.76. The van der Waals surface area contributed by atoms with Crippen LogP contribution in [-0.4, -0.2) is 70.4 Å². The molecule has 3 rings (SSSR count). The average molecular weight is 552 g/mol. The van der Waals surface area contributed by atoms with E-state index in [1.54, 1.807) is 32.2 Å². The molecule has 200 valence electrons. The van der Waals surface area contributed by atoms with Gasteiger partial charge >= 0.3 is 11.9 Å². The van der Waals surface area contributed by atoms with E-state index in [0.717, 1.165) is 17.8 Å². The molecule has 1 aromatic heterocycles. The van der Waals surface area contributed by atoms with Crippen LogP contribution in [0.3, 0.4) is 0 Å². The van der Waals surface area contributed by atoms with Crippen molar-refractivity contribution in [3.8, 4) is 0 Å². The van der Waals surface area contributed by atoms with Gasteiger partial charge in [0.2, 0.25) is 6.79 Å². The summed E-state index contributed by atoms with van der Waals surface area (Å²) in [6.45, 7) is 6.38. The zero-order valence-corrected chi connectivity index (χ0v) is 22.7. The highest BCUT2D eigenvalue weighted by Gasteiger charge is 2.54. The van der Waals surface area contributed by atoms with Gasteiger partial charge in [-0.15, -0.1) is 23.1 Å². The second-order valence-electron chi connectivity index (χ2n) is 8.97. The number of esters is 2. The van der Waals surface area contributed by atoms with Crippen LogP contribution in [0, 0.1) is 5.41 Å². The summed E-state index contributed by atoms with van der Waals surface area (Å²) in [6.07, 6.45) is 4.34. The van der Waals surface area contributed by atoms with Crippen molar-refractivity contribution in [2.75, 3.05) is 25.4 Å². The highest BCUT2D eigenvalue weighted by Crippen LogP contribution is 2.41. The van der Waals surface area contributed by atoms with Gasteiger partial charge < -0.3 is 25.4 Å². The summed E-state index contributed by atoms with van der Waals surface area (Å²) in [5.74, 6) is -2.12. The molecule has 0 radical (unpaired) electrons. The molecule has 2 atom stereocenters. The van der Waals surface area contributed by atoms with Gasteiger partial charge in [-0.3, -0.25) is 19.3 Å². The number of fused-ring (bicyclic) bond motifs is 1. The summed E-state index contributed by atoms with van der Waals surface area (Å²) in [6, 6.07) is -0.922. The first kappa shape index (κ1) is 28.2. The Morgan fingerprint density at radius 3 is 2.65 bits per heavy atom. The largest absolute Gasteiger partial charge is 0.427 e. The maximum atomic E-state index is 13.1. The maximum Gasteiger partial charge on any atom is 0.358 e. The van der Waals surface area contributed by atoms with E-state index >= 15 is 0 Å². The number of ether oxygens (including phenoxy) is 2. The number of rotatable bonds is 9. The zero-order valence-electron chi connectivity index (χ0n) is 21.1. The number of hydrogen-bond acceptors (Lipinski definition) is 12. The summed E-state index contributed by atoms with van der Waals surface area (Å²) in [5, 5.41) is 7.62. The number of carbonyl (C=O) groups is 4. The standard InChI is InChI=1S/C23H29N5O7S2/c1-6-7-8-12-9-36-19-15(26-17(29)14(27-33-5)13-10-37-22(24)25-13)18(30)28(19)16(12)20(31)34-11-35-21(32)23(2,3)4/h7-8,10,15,19H,6,9,11H2,1-5H3,(H2,24,25)(H,26,29)/t15-,19+/m1/s1. The number of oxime groups is 1. The first-order valence-electron chi connectivity index (χ1n) is 11.3. The summed E-state index contributed by atoms with van der Waals surface area (Å²) >= 11 is 2.52. The minimum atomic E-state index is -0.922. The van der Waals surface area contributed by atoms with E-state index in [0.29, 0.717) is 11.3 Å². The summed E-state index contributed by atoms with van der Waals surface area (Å²) in [4.78, 5) is 61.2. The van der Waals surface area contributed by atoms with E-state index in [9.17, 15) is 19.2 Å². The lowest BCUT2D eigenvalue weighted by Gasteiger charge is -2.49. The molecule has 3 N–H and O–H groups in total. The fraction of sp³-hybridized carbons (Fsp3) is 0.478. The Kier molecular flexibility index (Phi) is 8.97. The molecule has 2 aliphatic heterocycles. The zero-order chi connectivity index (χ0) is 27.3. The van der Waals surface area contributed by atoms with Gasteiger partial charge in [0.1, 0.15) is 29.9 Å². The molecule has 0 spiro atoms. The third-order valence-corrected chi connectivity index (χ3v) is 7.16. The van der Waals surface area contributed by atoms with Crippen LogP contribution >= 0.6 is 23.1 Å². The first-order valence-corrected chi connectivity index (χ1v) is 13.2. The van der Waals surface area contributed by atoms with E-state index in [2.05, 4.69) is 15.5 Å². The van der Waals surface area contributed by atoms with Gasteiger partial charge in [-0.2, -0.15) is 0 Å². The van der Waals surface area contributed by atoms with E-state index in [-0.39, 0.29) is 22.2 Å². The number of nitrogens with two attached hydrogens (primary N) is 1. The second kappa shape index (κ2) is 11.8. The molecule has 2 amide bonds. The normalized spacial score (nSPS) is 19.9. The van der Waals surface area contributed by atoms with Crippen molar-refractivity contribution in [2.45, 2.75) is 45.5 Å². The minimum absolute atomic E-state index is 0.0498. The lowest BCUT2D eigenvalue weighted by atomic mass is 9.98. The molecule has 0 unspecified atom stereocenters. The van der Waals surface area contributed by atoms with E-state index in [1.165, 1.54) is 23.8 Å². The number of hydrogen-bond donors (Lipinski definition) is 2. The first-order chi connectivity index (χ1) is 17.5. The summed E-state index contributed by atoms with van der Waals surface area (Å²) in [5.41, 5.74) is 5.61. The van der Waals surface area contributed by atoms with Gasteiger partial charge in [0, 0.05) is 11.1 Å². The molecule has 0 aromatic carbocycles. The molecule has 2 aliphatic rings. The van der Waals surface area contributed by atoms with Crippen molar-refractivity contribution in [3.05, 3.63) is 34.5 Å². The number of amides is 2. The predicted molar refractivity (Wildman–Crippen MR) is 138 cm³/mol. The van der Waals surface area contributed by atoms with Crippen LogP contribution in [-0.2, 0) is 33.5 Å². The molecule has 12 nitrogen and oxygen atoms in total. The minimum Gasteiger partial charge on any atom is -0.427 e. The Bertz CT molecular complexity index is 1170. The van der Waals surface area contributed by atoms with Crippen LogP contribution in [0.25, 0.3) is 0 Å². The lowest BCUT2D eigenvalue weighted by Crippen LogP contribution is -2.71. The van der Waals surface area contributed by atoms with Crippen LogP contribution in [0.5, 0.6) is 0 Å².